The van der Waals surface area contributed by atoms with Crippen LogP contribution in [0, 0.1) is 5.82 Å². The van der Waals surface area contributed by atoms with Crippen LogP contribution in [0.15, 0.2) is 66.7 Å². The predicted octanol–water partition coefficient (Wildman–Crippen LogP) is 6.19. The smallest absolute Gasteiger partial charge is 0.257 e. The van der Waals surface area contributed by atoms with Crippen molar-refractivity contribution in [2.75, 3.05) is 16.0 Å². The molecule has 0 atom stereocenters. The largest absolute Gasteiger partial charge is 0.332 e. The molecule has 28 heavy (non-hydrogen) atoms. The number of nitrogens with one attached hydrogen (secondary N) is 3. The first kappa shape index (κ1) is 20.1. The molecular formula is C20H14Cl2FN3OS. The summed E-state index contributed by atoms with van der Waals surface area (Å²) in [5.74, 6) is -0.731. The Morgan fingerprint density at radius 3 is 2.21 bits per heavy atom. The van der Waals surface area contributed by atoms with Crippen molar-refractivity contribution < 1.29 is 9.18 Å². The highest BCUT2D eigenvalue weighted by atomic mass is 35.5. The van der Waals surface area contributed by atoms with Crippen molar-refractivity contribution in [3.05, 3.63) is 88.2 Å². The van der Waals surface area contributed by atoms with Gasteiger partial charge in [-0.1, -0.05) is 35.3 Å². The lowest BCUT2D eigenvalue weighted by atomic mass is 10.1. The van der Waals surface area contributed by atoms with Crippen molar-refractivity contribution in [2.24, 2.45) is 0 Å². The molecule has 0 saturated heterocycles. The quantitative estimate of drug-likeness (QED) is 0.429. The van der Waals surface area contributed by atoms with E-state index in [1.807, 2.05) is 0 Å². The van der Waals surface area contributed by atoms with E-state index in [9.17, 15) is 9.18 Å². The lowest BCUT2D eigenvalue weighted by Crippen LogP contribution is -2.22. The zero-order valence-corrected chi connectivity index (χ0v) is 16.6. The molecule has 0 aromatic heterocycles. The number of carbonyl (C=O) groups excluding carboxylic acids is 1. The number of halogens is 3. The van der Waals surface area contributed by atoms with Gasteiger partial charge in [0.15, 0.2) is 5.11 Å². The SMILES string of the molecule is O=C(Nc1ccc(F)cc1)c1ccccc1NC(=S)Nc1ccc(Cl)c(Cl)c1. The van der Waals surface area contributed by atoms with Crippen LogP contribution in [0.2, 0.25) is 10.0 Å². The number of rotatable bonds is 4. The standard InChI is InChI=1S/C20H14Cl2FN3OS/c21-16-10-9-14(11-17(16)22)25-20(28)26-18-4-2-1-3-15(18)19(27)24-13-7-5-12(23)6-8-13/h1-11H,(H,24,27)(H2,25,26,28). The van der Waals surface area contributed by atoms with E-state index >= 15 is 0 Å². The summed E-state index contributed by atoms with van der Waals surface area (Å²) in [5.41, 5.74) is 2.03. The van der Waals surface area contributed by atoms with E-state index in [1.54, 1.807) is 42.5 Å². The summed E-state index contributed by atoms with van der Waals surface area (Å²) < 4.78 is 13.0. The van der Waals surface area contributed by atoms with Gasteiger partial charge in [0.05, 0.1) is 21.3 Å². The second kappa shape index (κ2) is 9.01. The Bertz CT molecular complexity index is 1030. The van der Waals surface area contributed by atoms with Crippen molar-refractivity contribution in [1.29, 1.82) is 0 Å². The maximum atomic E-state index is 13.0. The zero-order chi connectivity index (χ0) is 20.1. The van der Waals surface area contributed by atoms with E-state index < -0.39 is 0 Å². The Morgan fingerprint density at radius 1 is 0.821 bits per heavy atom. The first-order valence-electron chi connectivity index (χ1n) is 8.11. The minimum atomic E-state index is -0.376. The van der Waals surface area contributed by atoms with Gasteiger partial charge in [0.1, 0.15) is 5.82 Å². The van der Waals surface area contributed by atoms with E-state index in [0.717, 1.165) is 0 Å². The fraction of sp³-hybridized carbons (Fsp3) is 0. The molecule has 0 heterocycles. The number of para-hydroxylation sites is 1. The Kier molecular flexibility index (Phi) is 6.46. The molecule has 0 radical (unpaired) electrons. The van der Waals surface area contributed by atoms with Gasteiger partial charge in [-0.25, -0.2) is 4.39 Å². The number of benzene rings is 3. The van der Waals surface area contributed by atoms with Crippen LogP contribution in [0.1, 0.15) is 10.4 Å². The summed E-state index contributed by atoms with van der Waals surface area (Å²) in [7, 11) is 0. The number of hydrogen-bond donors (Lipinski definition) is 3. The summed E-state index contributed by atoms with van der Waals surface area (Å²) in [6.45, 7) is 0. The molecule has 4 nitrogen and oxygen atoms in total. The average molecular weight is 434 g/mol. The molecule has 3 rings (SSSR count). The second-order valence-electron chi connectivity index (χ2n) is 5.71. The molecule has 0 unspecified atom stereocenters. The normalized spacial score (nSPS) is 10.2. The van der Waals surface area contributed by atoms with Gasteiger partial charge in [0.2, 0.25) is 0 Å². The Labute approximate surface area is 176 Å². The van der Waals surface area contributed by atoms with Crippen LogP contribution < -0.4 is 16.0 Å². The van der Waals surface area contributed by atoms with Crippen LogP contribution in [0.5, 0.6) is 0 Å². The van der Waals surface area contributed by atoms with Gasteiger partial charge >= 0.3 is 0 Å². The summed E-state index contributed by atoms with van der Waals surface area (Å²) in [4.78, 5) is 12.6. The zero-order valence-electron chi connectivity index (χ0n) is 14.3. The molecule has 8 heteroatoms. The average Bonchev–Trinajstić information content (AvgIpc) is 2.67. The summed E-state index contributed by atoms with van der Waals surface area (Å²) in [6, 6.07) is 17.4. The van der Waals surface area contributed by atoms with Gasteiger partial charge in [0, 0.05) is 11.4 Å². The van der Waals surface area contributed by atoms with Crippen molar-refractivity contribution in [3.63, 3.8) is 0 Å². The van der Waals surface area contributed by atoms with Crippen LogP contribution in [-0.2, 0) is 0 Å². The molecule has 0 fully saturated rings. The first-order chi connectivity index (χ1) is 13.4. The molecule has 0 aliphatic heterocycles. The van der Waals surface area contributed by atoms with Crippen LogP contribution in [0.3, 0.4) is 0 Å². The van der Waals surface area contributed by atoms with Gasteiger partial charge in [-0.15, -0.1) is 0 Å². The lowest BCUT2D eigenvalue weighted by molar-refractivity contribution is 0.102. The van der Waals surface area contributed by atoms with E-state index in [1.165, 1.54) is 24.3 Å². The van der Waals surface area contributed by atoms with Gasteiger partial charge in [-0.05, 0) is 66.8 Å². The fourth-order valence-corrected chi connectivity index (χ4v) is 2.91. The summed E-state index contributed by atoms with van der Waals surface area (Å²) in [5, 5.41) is 9.81. The molecule has 0 spiro atoms. The highest BCUT2D eigenvalue weighted by molar-refractivity contribution is 7.80. The van der Waals surface area contributed by atoms with Crippen molar-refractivity contribution >= 4 is 63.5 Å². The van der Waals surface area contributed by atoms with Gasteiger partial charge < -0.3 is 16.0 Å². The van der Waals surface area contributed by atoms with Crippen LogP contribution in [0.4, 0.5) is 21.5 Å². The maximum Gasteiger partial charge on any atom is 0.257 e. The number of thiocarbonyl (C=S) groups is 1. The molecule has 3 aromatic rings. The molecule has 1 amide bonds. The Hall–Kier alpha value is -2.67. The van der Waals surface area contributed by atoms with Gasteiger partial charge in [0.25, 0.3) is 5.91 Å². The minimum Gasteiger partial charge on any atom is -0.332 e. The number of anilines is 3. The van der Waals surface area contributed by atoms with E-state index in [4.69, 9.17) is 35.4 Å². The predicted molar refractivity (Wildman–Crippen MR) is 117 cm³/mol. The third kappa shape index (κ3) is 5.19. The maximum absolute atomic E-state index is 13.0. The monoisotopic (exact) mass is 433 g/mol. The highest BCUT2D eigenvalue weighted by Gasteiger charge is 2.12. The van der Waals surface area contributed by atoms with Crippen LogP contribution >= 0.6 is 35.4 Å². The van der Waals surface area contributed by atoms with Gasteiger partial charge in [-0.2, -0.15) is 0 Å². The van der Waals surface area contributed by atoms with Crippen molar-refractivity contribution in [2.45, 2.75) is 0 Å². The highest BCUT2D eigenvalue weighted by Crippen LogP contribution is 2.25. The van der Waals surface area contributed by atoms with E-state index in [2.05, 4.69) is 16.0 Å². The number of amides is 1. The summed E-state index contributed by atoms with van der Waals surface area (Å²) in [6.07, 6.45) is 0. The molecule has 0 bridgehead atoms. The summed E-state index contributed by atoms with van der Waals surface area (Å²) >= 11 is 17.2. The van der Waals surface area contributed by atoms with Crippen LogP contribution in [0.25, 0.3) is 0 Å². The van der Waals surface area contributed by atoms with Crippen molar-refractivity contribution in [1.82, 2.24) is 0 Å². The molecule has 0 aliphatic carbocycles. The Balaban J connectivity index is 1.72. The Morgan fingerprint density at radius 2 is 1.50 bits per heavy atom. The van der Waals surface area contributed by atoms with E-state index in [-0.39, 0.29) is 16.8 Å². The molecule has 3 N–H and O–H groups in total. The van der Waals surface area contributed by atoms with Crippen LogP contribution in [-0.4, -0.2) is 11.0 Å². The fourth-order valence-electron chi connectivity index (χ4n) is 2.38. The third-order valence-electron chi connectivity index (χ3n) is 3.70. The molecule has 3 aromatic carbocycles. The minimum absolute atomic E-state index is 0.278. The van der Waals surface area contributed by atoms with E-state index in [0.29, 0.717) is 32.7 Å². The van der Waals surface area contributed by atoms with Gasteiger partial charge in [-0.3, -0.25) is 4.79 Å². The number of hydrogen-bond acceptors (Lipinski definition) is 2. The topological polar surface area (TPSA) is 53.2 Å². The molecule has 0 aliphatic rings. The molecular weight excluding hydrogens is 420 g/mol. The van der Waals surface area contributed by atoms with Crippen molar-refractivity contribution in [3.8, 4) is 0 Å². The second-order valence-corrected chi connectivity index (χ2v) is 6.94. The first-order valence-corrected chi connectivity index (χ1v) is 9.28. The number of carbonyl (C=O) groups is 1. The molecule has 142 valence electrons. The lowest BCUT2D eigenvalue weighted by Gasteiger charge is -2.14. The third-order valence-corrected chi connectivity index (χ3v) is 4.64. The molecule has 0 saturated carbocycles.